The standard InChI is InChI=1S/C20H30N4O9/c1-9(26)15(23-17(29)13(21)7-11-3-5-12(28)6-4-11)19(31)22-14(8-25)18(30)24-16(10(2)27)20(32)33/h3-6,9-10,13-16,25-28H,7-8,21H2,1-2H3,(H,22,31)(H,23,29)(H,24,30)(H,32,33). The van der Waals surface area contributed by atoms with Crippen LogP contribution >= 0.6 is 0 Å². The number of nitrogens with one attached hydrogen (secondary N) is 3. The highest BCUT2D eigenvalue weighted by Crippen LogP contribution is 2.11. The fourth-order valence-electron chi connectivity index (χ4n) is 2.74. The Morgan fingerprint density at radius 3 is 1.85 bits per heavy atom. The van der Waals surface area contributed by atoms with Gasteiger partial charge in [-0.3, -0.25) is 14.4 Å². The largest absolute Gasteiger partial charge is 0.508 e. The molecule has 0 bridgehead atoms. The summed E-state index contributed by atoms with van der Waals surface area (Å²) in [6.07, 6.45) is -2.81. The van der Waals surface area contributed by atoms with Crippen molar-refractivity contribution in [2.45, 2.75) is 56.6 Å². The number of carbonyl (C=O) groups excluding carboxylic acids is 3. The molecule has 13 heteroatoms. The molecule has 33 heavy (non-hydrogen) atoms. The lowest BCUT2D eigenvalue weighted by Crippen LogP contribution is -2.61. The number of phenolic OH excluding ortho intramolecular Hbond substituents is 1. The molecule has 0 fully saturated rings. The Hall–Kier alpha value is -3.26. The van der Waals surface area contributed by atoms with Crippen LogP contribution in [0.5, 0.6) is 5.75 Å². The monoisotopic (exact) mass is 470 g/mol. The molecule has 1 rings (SSSR count). The summed E-state index contributed by atoms with van der Waals surface area (Å²) >= 11 is 0. The van der Waals surface area contributed by atoms with Crippen LogP contribution < -0.4 is 21.7 Å². The predicted molar refractivity (Wildman–Crippen MR) is 114 cm³/mol. The van der Waals surface area contributed by atoms with Crippen molar-refractivity contribution in [3.05, 3.63) is 29.8 Å². The molecule has 3 amide bonds. The molecule has 0 aliphatic carbocycles. The van der Waals surface area contributed by atoms with Gasteiger partial charge in [0.05, 0.1) is 24.9 Å². The number of hydrogen-bond donors (Lipinski definition) is 9. The lowest BCUT2D eigenvalue weighted by Gasteiger charge is -2.26. The van der Waals surface area contributed by atoms with Gasteiger partial charge in [-0.05, 0) is 38.0 Å². The highest BCUT2D eigenvalue weighted by molar-refractivity contribution is 5.94. The number of benzene rings is 1. The first-order valence-corrected chi connectivity index (χ1v) is 10.0. The highest BCUT2D eigenvalue weighted by Gasteiger charge is 2.33. The smallest absolute Gasteiger partial charge is 0.328 e. The molecule has 0 aliphatic rings. The molecule has 184 valence electrons. The summed E-state index contributed by atoms with van der Waals surface area (Å²) in [7, 11) is 0. The molecule has 13 nitrogen and oxygen atoms in total. The average Bonchev–Trinajstić information content (AvgIpc) is 2.74. The zero-order valence-electron chi connectivity index (χ0n) is 18.1. The number of phenols is 1. The SMILES string of the molecule is CC(O)C(NC(=O)C(CO)NC(=O)C(NC(=O)C(N)Cc1ccc(O)cc1)C(C)O)C(=O)O. The van der Waals surface area contributed by atoms with E-state index in [1.54, 1.807) is 12.1 Å². The van der Waals surface area contributed by atoms with Crippen molar-refractivity contribution in [1.82, 2.24) is 16.0 Å². The van der Waals surface area contributed by atoms with Crippen LogP contribution in [0.1, 0.15) is 19.4 Å². The Labute approximate surface area is 189 Å². The number of carboxylic acid groups (broad SMARTS) is 1. The molecule has 0 saturated carbocycles. The number of aliphatic hydroxyl groups is 3. The van der Waals surface area contributed by atoms with Crippen molar-refractivity contribution in [1.29, 1.82) is 0 Å². The lowest BCUT2D eigenvalue weighted by atomic mass is 10.0. The van der Waals surface area contributed by atoms with Gasteiger partial charge in [-0.15, -0.1) is 0 Å². The maximum atomic E-state index is 12.6. The quantitative estimate of drug-likeness (QED) is 0.147. The van der Waals surface area contributed by atoms with E-state index in [4.69, 9.17) is 10.8 Å². The van der Waals surface area contributed by atoms with Crippen molar-refractivity contribution in [3.63, 3.8) is 0 Å². The third-order valence-corrected chi connectivity index (χ3v) is 4.65. The van der Waals surface area contributed by atoms with E-state index in [0.29, 0.717) is 5.56 Å². The van der Waals surface area contributed by atoms with E-state index in [-0.39, 0.29) is 12.2 Å². The van der Waals surface area contributed by atoms with Crippen LogP contribution in [0.4, 0.5) is 0 Å². The van der Waals surface area contributed by atoms with Gasteiger partial charge in [0.15, 0.2) is 6.04 Å². The van der Waals surface area contributed by atoms with E-state index in [1.807, 2.05) is 5.32 Å². The number of carboxylic acids is 1. The topological polar surface area (TPSA) is 232 Å². The summed E-state index contributed by atoms with van der Waals surface area (Å²) in [4.78, 5) is 48.3. The summed E-state index contributed by atoms with van der Waals surface area (Å²) in [6, 6.07) is -0.0140. The first-order chi connectivity index (χ1) is 15.4. The minimum atomic E-state index is -1.69. The minimum absolute atomic E-state index is 0.0354. The van der Waals surface area contributed by atoms with Crippen molar-refractivity contribution >= 4 is 23.7 Å². The highest BCUT2D eigenvalue weighted by atomic mass is 16.4. The lowest BCUT2D eigenvalue weighted by molar-refractivity contribution is -0.145. The predicted octanol–water partition coefficient (Wildman–Crippen LogP) is -3.45. The Morgan fingerprint density at radius 1 is 0.879 bits per heavy atom. The van der Waals surface area contributed by atoms with Gasteiger partial charge in [0.25, 0.3) is 0 Å². The summed E-state index contributed by atoms with van der Waals surface area (Å²) < 4.78 is 0. The molecule has 0 spiro atoms. The van der Waals surface area contributed by atoms with Gasteiger partial charge in [-0.2, -0.15) is 0 Å². The first kappa shape index (κ1) is 27.8. The van der Waals surface area contributed by atoms with Gasteiger partial charge in [0.2, 0.25) is 17.7 Å². The second-order valence-corrected chi connectivity index (χ2v) is 7.51. The van der Waals surface area contributed by atoms with Crippen LogP contribution in [0.2, 0.25) is 0 Å². The summed E-state index contributed by atoms with van der Waals surface area (Å²) in [5.41, 5.74) is 6.49. The van der Waals surface area contributed by atoms with Crippen LogP contribution in [0.25, 0.3) is 0 Å². The Morgan fingerprint density at radius 2 is 1.39 bits per heavy atom. The van der Waals surface area contributed by atoms with Crippen LogP contribution in [0, 0.1) is 0 Å². The molecule has 6 atom stereocenters. The summed E-state index contributed by atoms with van der Waals surface area (Å²) in [6.45, 7) is 1.41. The third-order valence-electron chi connectivity index (χ3n) is 4.65. The fourth-order valence-corrected chi connectivity index (χ4v) is 2.74. The number of aliphatic hydroxyl groups excluding tert-OH is 3. The second-order valence-electron chi connectivity index (χ2n) is 7.51. The maximum absolute atomic E-state index is 12.6. The van der Waals surface area contributed by atoms with Crippen LogP contribution in [-0.2, 0) is 25.6 Å². The van der Waals surface area contributed by atoms with Gasteiger partial charge in [0.1, 0.15) is 17.8 Å². The van der Waals surface area contributed by atoms with Gasteiger partial charge in [0, 0.05) is 0 Å². The molecule has 0 aliphatic heterocycles. The van der Waals surface area contributed by atoms with Crippen molar-refractivity contribution < 1.29 is 44.7 Å². The maximum Gasteiger partial charge on any atom is 0.328 e. The van der Waals surface area contributed by atoms with E-state index >= 15 is 0 Å². The third kappa shape index (κ3) is 8.65. The van der Waals surface area contributed by atoms with E-state index in [1.165, 1.54) is 19.1 Å². The molecule has 0 saturated heterocycles. The van der Waals surface area contributed by atoms with E-state index < -0.39 is 66.7 Å². The van der Waals surface area contributed by atoms with Crippen LogP contribution in [-0.4, -0.2) is 92.2 Å². The summed E-state index contributed by atoms with van der Waals surface area (Å²) in [5, 5.41) is 53.5. The number of rotatable bonds is 12. The normalized spacial score (nSPS) is 16.4. The average molecular weight is 470 g/mol. The second kappa shape index (κ2) is 12.7. The van der Waals surface area contributed by atoms with Crippen molar-refractivity contribution in [2.24, 2.45) is 5.73 Å². The zero-order valence-corrected chi connectivity index (χ0v) is 18.1. The zero-order chi connectivity index (χ0) is 25.3. The molecule has 1 aromatic carbocycles. The molecule has 0 radical (unpaired) electrons. The molecule has 0 heterocycles. The molecule has 6 unspecified atom stereocenters. The van der Waals surface area contributed by atoms with Gasteiger partial charge in [-0.25, -0.2) is 4.79 Å². The van der Waals surface area contributed by atoms with E-state index in [2.05, 4.69) is 10.6 Å². The number of carbonyl (C=O) groups is 4. The number of amides is 3. The minimum Gasteiger partial charge on any atom is -0.508 e. The number of aliphatic carboxylic acids is 1. The van der Waals surface area contributed by atoms with E-state index in [9.17, 15) is 39.6 Å². The Bertz CT molecular complexity index is 829. The molecular formula is C20H30N4O9. The van der Waals surface area contributed by atoms with Crippen LogP contribution in [0.3, 0.4) is 0 Å². The summed E-state index contributed by atoms with van der Waals surface area (Å²) in [5.74, 6) is -4.41. The number of aromatic hydroxyl groups is 1. The van der Waals surface area contributed by atoms with Gasteiger partial charge in [-0.1, -0.05) is 12.1 Å². The van der Waals surface area contributed by atoms with E-state index in [0.717, 1.165) is 6.92 Å². The Balaban J connectivity index is 2.81. The van der Waals surface area contributed by atoms with Gasteiger partial charge >= 0.3 is 5.97 Å². The van der Waals surface area contributed by atoms with Crippen LogP contribution in [0.15, 0.2) is 24.3 Å². The van der Waals surface area contributed by atoms with Crippen molar-refractivity contribution in [2.75, 3.05) is 6.61 Å². The first-order valence-electron chi connectivity index (χ1n) is 10.0. The fraction of sp³-hybridized carbons (Fsp3) is 0.500. The van der Waals surface area contributed by atoms with Gasteiger partial charge < -0.3 is 47.2 Å². The number of hydrogen-bond acceptors (Lipinski definition) is 9. The molecular weight excluding hydrogens is 440 g/mol. The van der Waals surface area contributed by atoms with Crippen molar-refractivity contribution in [3.8, 4) is 5.75 Å². The Kier molecular flexibility index (Phi) is 10.7. The molecule has 0 aromatic heterocycles. The molecule has 10 N–H and O–H groups in total. The number of nitrogens with two attached hydrogens (primary N) is 1. The molecule has 1 aromatic rings.